The van der Waals surface area contributed by atoms with E-state index in [9.17, 15) is 9.36 Å². The molecule has 4 N–H and O–H groups in total. The van der Waals surface area contributed by atoms with Gasteiger partial charge in [-0.25, -0.2) is 4.98 Å². The van der Waals surface area contributed by atoms with Gasteiger partial charge in [0.25, 0.3) is 0 Å². The molecular weight excluding hydrogens is 339 g/mol. The van der Waals surface area contributed by atoms with Crippen molar-refractivity contribution in [3.8, 4) is 11.5 Å². The number of carbonyl (C=O) groups is 1. The van der Waals surface area contributed by atoms with E-state index in [4.69, 9.17) is 19.9 Å². The van der Waals surface area contributed by atoms with E-state index in [-0.39, 0.29) is 27.2 Å². The van der Waals surface area contributed by atoms with Crippen molar-refractivity contribution >= 4 is 35.3 Å². The molecule has 0 bridgehead atoms. The quantitative estimate of drug-likeness (QED) is 0.485. The normalized spacial score (nSPS) is 11.6. The zero-order valence-corrected chi connectivity index (χ0v) is 13.3. The number of hydrogen-bond acceptors (Lipinski definition) is 6. The minimum atomic E-state index is -4.51. The number of furan rings is 1. The molecule has 0 saturated carbocycles. The van der Waals surface area contributed by atoms with Crippen molar-refractivity contribution in [1.29, 1.82) is 0 Å². The summed E-state index contributed by atoms with van der Waals surface area (Å²) < 4.78 is 16.4. The Bertz CT molecular complexity index is 912. The highest BCUT2D eigenvalue weighted by atomic mass is 32.1. The molecule has 1 aromatic carbocycles. The largest absolute Gasteiger partial charge is 0.446 e. The molecule has 118 valence electrons. The topological polar surface area (TPSA) is 127 Å². The molecule has 0 atom stereocenters. The second kappa shape index (κ2) is 5.75. The van der Waals surface area contributed by atoms with Crippen molar-refractivity contribution in [2.75, 3.05) is 5.73 Å². The van der Waals surface area contributed by atoms with Crippen LogP contribution in [0.15, 0.2) is 46.9 Å². The van der Waals surface area contributed by atoms with Crippen molar-refractivity contribution in [3.05, 3.63) is 52.9 Å². The van der Waals surface area contributed by atoms with E-state index in [0.717, 1.165) is 17.4 Å². The molecule has 0 unspecified atom stereocenters. The molecule has 0 aliphatic heterocycles. The molecule has 3 aromatic rings. The van der Waals surface area contributed by atoms with Gasteiger partial charge in [-0.1, -0.05) is 41.7 Å². The number of hydrogen-bond donors (Lipinski definition) is 3. The van der Waals surface area contributed by atoms with Crippen LogP contribution in [0.25, 0.3) is 11.5 Å². The molecule has 0 fully saturated rings. The van der Waals surface area contributed by atoms with E-state index in [2.05, 4.69) is 4.98 Å². The number of rotatable bonds is 4. The van der Waals surface area contributed by atoms with Gasteiger partial charge in [-0.3, -0.25) is 9.36 Å². The fraction of sp³-hybridized carbons (Fsp3) is 0. The van der Waals surface area contributed by atoms with E-state index < -0.39 is 13.1 Å². The minimum absolute atomic E-state index is 0.0792. The molecule has 7 nitrogen and oxygen atoms in total. The summed E-state index contributed by atoms with van der Waals surface area (Å²) in [7, 11) is -4.51. The SMILES string of the molecule is Nc1nc(-c2ccc(P(=O)(O)O)o2)c(C(=O)c2ccccc2)s1. The van der Waals surface area contributed by atoms with Gasteiger partial charge >= 0.3 is 7.60 Å². The van der Waals surface area contributed by atoms with Crippen LogP contribution in [0.4, 0.5) is 5.13 Å². The van der Waals surface area contributed by atoms with Crippen LogP contribution in [0.2, 0.25) is 0 Å². The van der Waals surface area contributed by atoms with Crippen LogP contribution in [-0.4, -0.2) is 20.6 Å². The van der Waals surface area contributed by atoms with Crippen molar-refractivity contribution in [2.45, 2.75) is 0 Å². The summed E-state index contributed by atoms with van der Waals surface area (Å²) in [6.45, 7) is 0. The zero-order chi connectivity index (χ0) is 16.6. The highest BCUT2D eigenvalue weighted by Gasteiger charge is 2.26. The number of nitrogen functional groups attached to an aromatic ring is 1. The Kier molecular flexibility index (Phi) is 3.91. The van der Waals surface area contributed by atoms with Crippen LogP contribution in [0.3, 0.4) is 0 Å². The average Bonchev–Trinajstić information content (AvgIpc) is 3.13. The van der Waals surface area contributed by atoms with Crippen molar-refractivity contribution in [2.24, 2.45) is 0 Å². The second-order valence-corrected chi connectivity index (χ2v) is 7.17. The Balaban J connectivity index is 2.07. The number of anilines is 1. The Morgan fingerprint density at radius 2 is 1.87 bits per heavy atom. The fourth-order valence-corrected chi connectivity index (χ4v) is 3.28. The summed E-state index contributed by atoms with van der Waals surface area (Å²) in [5, 5.41) is 0.161. The van der Waals surface area contributed by atoms with Crippen LogP contribution in [-0.2, 0) is 4.57 Å². The lowest BCUT2D eigenvalue weighted by Crippen LogP contribution is -2.01. The lowest BCUT2D eigenvalue weighted by atomic mass is 10.1. The molecule has 2 heterocycles. The molecule has 0 spiro atoms. The monoisotopic (exact) mass is 350 g/mol. The molecule has 9 heteroatoms. The number of carbonyl (C=O) groups excluding carboxylic acids is 1. The second-order valence-electron chi connectivity index (χ2n) is 4.61. The molecule has 0 aliphatic rings. The van der Waals surface area contributed by atoms with Crippen molar-refractivity contribution in [1.82, 2.24) is 4.98 Å². The molecule has 0 aliphatic carbocycles. The number of ketones is 1. The third-order valence-corrected chi connectivity index (χ3v) is 4.70. The summed E-state index contributed by atoms with van der Waals surface area (Å²) in [5.41, 5.74) is 5.82. The molecule has 2 aromatic heterocycles. The van der Waals surface area contributed by atoms with Gasteiger partial charge < -0.3 is 19.9 Å². The number of benzene rings is 1. The van der Waals surface area contributed by atoms with Crippen molar-refractivity contribution in [3.63, 3.8) is 0 Å². The smallest absolute Gasteiger partial charge is 0.391 e. The third kappa shape index (κ3) is 3.11. The summed E-state index contributed by atoms with van der Waals surface area (Å²) in [6.07, 6.45) is 0. The van der Waals surface area contributed by atoms with E-state index in [1.54, 1.807) is 30.3 Å². The Hall–Kier alpha value is -2.25. The third-order valence-electron chi connectivity index (χ3n) is 3.00. The molecular formula is C14H11N2O5PS. The number of aromatic nitrogens is 1. The Morgan fingerprint density at radius 1 is 1.17 bits per heavy atom. The minimum Gasteiger partial charge on any atom is -0.446 e. The van der Waals surface area contributed by atoms with Crippen LogP contribution in [0.1, 0.15) is 15.2 Å². The summed E-state index contributed by atoms with van der Waals surface area (Å²) >= 11 is 0.992. The number of nitrogens with zero attached hydrogens (tertiary/aromatic N) is 1. The molecule has 0 saturated heterocycles. The zero-order valence-electron chi connectivity index (χ0n) is 11.5. The maximum atomic E-state index is 12.6. The van der Waals surface area contributed by atoms with Gasteiger partial charge in [0.05, 0.1) is 0 Å². The van der Waals surface area contributed by atoms with E-state index >= 15 is 0 Å². The fourth-order valence-electron chi connectivity index (χ4n) is 1.99. The molecule has 0 radical (unpaired) electrons. The lowest BCUT2D eigenvalue weighted by Gasteiger charge is -2.00. The first-order chi connectivity index (χ1) is 10.9. The van der Waals surface area contributed by atoms with Gasteiger partial charge in [0, 0.05) is 5.56 Å². The maximum Gasteiger partial charge on any atom is 0.391 e. The van der Waals surface area contributed by atoms with Crippen LogP contribution in [0, 0.1) is 0 Å². The van der Waals surface area contributed by atoms with Gasteiger partial charge in [-0.2, -0.15) is 0 Å². The number of thiazole rings is 1. The first-order valence-corrected chi connectivity index (χ1v) is 8.81. The van der Waals surface area contributed by atoms with Crippen molar-refractivity contribution < 1.29 is 23.6 Å². The van der Waals surface area contributed by atoms with Gasteiger partial charge in [-0.05, 0) is 12.1 Å². The Labute approximate surface area is 134 Å². The average molecular weight is 350 g/mol. The van der Waals surface area contributed by atoms with Gasteiger partial charge in [-0.15, -0.1) is 0 Å². The molecule has 23 heavy (non-hydrogen) atoms. The predicted molar refractivity (Wildman–Crippen MR) is 85.8 cm³/mol. The van der Waals surface area contributed by atoms with Crippen LogP contribution >= 0.6 is 18.9 Å². The first-order valence-electron chi connectivity index (χ1n) is 6.38. The van der Waals surface area contributed by atoms with E-state index in [1.165, 1.54) is 6.07 Å². The standard InChI is InChI=1S/C14H11N2O5PS/c15-14-16-11(9-6-7-10(21-9)22(18,19)20)13(23-14)12(17)8-4-2-1-3-5-8/h1-7H,(H2,15,16)(H2,18,19,20). The van der Waals surface area contributed by atoms with Gasteiger partial charge in [0.2, 0.25) is 11.3 Å². The van der Waals surface area contributed by atoms with Crippen LogP contribution < -0.4 is 11.2 Å². The maximum absolute atomic E-state index is 12.6. The van der Waals surface area contributed by atoms with Crippen LogP contribution in [0.5, 0.6) is 0 Å². The summed E-state index contributed by atoms with van der Waals surface area (Å²) in [5.74, 6) is -0.209. The summed E-state index contributed by atoms with van der Waals surface area (Å²) in [6, 6.07) is 11.1. The predicted octanol–water partition coefficient (Wildman–Crippen LogP) is 2.02. The number of nitrogens with two attached hydrogens (primary N) is 1. The highest BCUT2D eigenvalue weighted by Crippen LogP contribution is 2.37. The van der Waals surface area contributed by atoms with Gasteiger partial charge in [0.1, 0.15) is 10.6 Å². The first kappa shape index (κ1) is 15.6. The lowest BCUT2D eigenvalue weighted by molar-refractivity contribution is 0.104. The van der Waals surface area contributed by atoms with E-state index in [1.807, 2.05) is 0 Å². The molecule has 0 amide bonds. The van der Waals surface area contributed by atoms with E-state index in [0.29, 0.717) is 5.56 Å². The Morgan fingerprint density at radius 3 is 2.48 bits per heavy atom. The highest BCUT2D eigenvalue weighted by molar-refractivity contribution is 7.59. The van der Waals surface area contributed by atoms with Gasteiger partial charge in [0.15, 0.2) is 10.9 Å². The molecule has 3 rings (SSSR count). The summed E-state index contributed by atoms with van der Waals surface area (Å²) in [4.78, 5) is 35.1.